The van der Waals surface area contributed by atoms with E-state index in [2.05, 4.69) is 28.8 Å². The van der Waals surface area contributed by atoms with E-state index >= 15 is 0 Å². The summed E-state index contributed by atoms with van der Waals surface area (Å²) in [5.41, 5.74) is 2.83. The molecule has 7 nitrogen and oxygen atoms in total. The molecule has 0 saturated carbocycles. The SMILES string of the molecule is CCCn1c(-c2ccncc2)nn(C[NH+](C)Cc2ccc(C(=O)NC)cc2)c1=S. The fraction of sp³-hybridized carbons (Fsp3) is 0.333. The highest BCUT2D eigenvalue weighted by atomic mass is 32.1. The van der Waals surface area contributed by atoms with Crippen molar-refractivity contribution in [1.29, 1.82) is 0 Å². The molecule has 2 heterocycles. The molecule has 0 aliphatic rings. The Morgan fingerprint density at radius 2 is 1.86 bits per heavy atom. The van der Waals surface area contributed by atoms with Gasteiger partial charge in [-0.2, -0.15) is 4.68 Å². The molecule has 2 aromatic heterocycles. The Bertz CT molecular complexity index is 1010. The molecule has 3 rings (SSSR count). The lowest BCUT2D eigenvalue weighted by Crippen LogP contribution is -3.07. The normalized spacial score (nSPS) is 12.0. The van der Waals surface area contributed by atoms with Gasteiger partial charge in [0.05, 0.1) is 7.05 Å². The van der Waals surface area contributed by atoms with E-state index in [1.54, 1.807) is 19.4 Å². The van der Waals surface area contributed by atoms with Gasteiger partial charge in [0.25, 0.3) is 5.91 Å². The van der Waals surface area contributed by atoms with Gasteiger partial charge in [-0.1, -0.05) is 19.1 Å². The number of hydrogen-bond acceptors (Lipinski definition) is 4. The quantitative estimate of drug-likeness (QED) is 0.556. The average molecular weight is 412 g/mol. The smallest absolute Gasteiger partial charge is 0.251 e. The van der Waals surface area contributed by atoms with Crippen LogP contribution in [0.25, 0.3) is 11.4 Å². The minimum atomic E-state index is -0.0753. The number of carbonyl (C=O) groups excluding carboxylic acids is 1. The van der Waals surface area contributed by atoms with Crippen molar-refractivity contribution in [2.75, 3.05) is 14.1 Å². The summed E-state index contributed by atoms with van der Waals surface area (Å²) in [6.07, 6.45) is 4.53. The highest BCUT2D eigenvalue weighted by Gasteiger charge is 2.15. The van der Waals surface area contributed by atoms with Crippen LogP contribution in [0.5, 0.6) is 0 Å². The molecular formula is C21H27N6OS+. The van der Waals surface area contributed by atoms with E-state index in [1.807, 2.05) is 41.1 Å². The molecule has 0 aliphatic heterocycles. The monoisotopic (exact) mass is 411 g/mol. The van der Waals surface area contributed by atoms with Crippen molar-refractivity contribution < 1.29 is 9.69 Å². The van der Waals surface area contributed by atoms with Crippen LogP contribution in [-0.4, -0.2) is 39.3 Å². The molecule has 8 heteroatoms. The van der Waals surface area contributed by atoms with Crippen LogP contribution in [0.3, 0.4) is 0 Å². The number of benzene rings is 1. The van der Waals surface area contributed by atoms with Crippen LogP contribution in [0.15, 0.2) is 48.8 Å². The number of nitrogens with zero attached hydrogens (tertiary/aromatic N) is 4. The van der Waals surface area contributed by atoms with Crippen molar-refractivity contribution in [2.24, 2.45) is 0 Å². The lowest BCUT2D eigenvalue weighted by atomic mass is 10.1. The number of quaternary nitrogens is 1. The van der Waals surface area contributed by atoms with Gasteiger partial charge < -0.3 is 10.2 Å². The van der Waals surface area contributed by atoms with E-state index in [1.165, 1.54) is 4.90 Å². The maximum atomic E-state index is 11.7. The van der Waals surface area contributed by atoms with E-state index in [0.29, 0.717) is 12.2 Å². The van der Waals surface area contributed by atoms with Crippen molar-refractivity contribution in [3.05, 3.63) is 64.7 Å². The molecule has 0 radical (unpaired) electrons. The van der Waals surface area contributed by atoms with Crippen molar-refractivity contribution in [3.63, 3.8) is 0 Å². The van der Waals surface area contributed by atoms with Crippen molar-refractivity contribution in [1.82, 2.24) is 24.6 Å². The minimum Gasteiger partial charge on any atom is -0.355 e. The summed E-state index contributed by atoms with van der Waals surface area (Å²) in [5, 5.41) is 7.44. The molecule has 152 valence electrons. The fourth-order valence-electron chi connectivity index (χ4n) is 3.26. The number of nitrogens with one attached hydrogen (secondary N) is 2. The molecule has 1 aromatic carbocycles. The zero-order valence-corrected chi connectivity index (χ0v) is 17.9. The van der Waals surface area contributed by atoms with Gasteiger partial charge >= 0.3 is 0 Å². The molecule has 1 unspecified atom stereocenters. The highest BCUT2D eigenvalue weighted by molar-refractivity contribution is 7.71. The minimum absolute atomic E-state index is 0.0753. The highest BCUT2D eigenvalue weighted by Crippen LogP contribution is 2.17. The fourth-order valence-corrected chi connectivity index (χ4v) is 3.55. The largest absolute Gasteiger partial charge is 0.355 e. The Balaban J connectivity index is 1.77. The summed E-state index contributed by atoms with van der Waals surface area (Å²) in [6, 6.07) is 11.6. The predicted molar refractivity (Wildman–Crippen MR) is 115 cm³/mol. The van der Waals surface area contributed by atoms with E-state index in [4.69, 9.17) is 17.3 Å². The van der Waals surface area contributed by atoms with Crippen LogP contribution >= 0.6 is 12.2 Å². The number of amides is 1. The van der Waals surface area contributed by atoms with Crippen LogP contribution in [0.4, 0.5) is 0 Å². The second kappa shape index (κ2) is 9.58. The third-order valence-corrected chi connectivity index (χ3v) is 5.11. The first kappa shape index (κ1) is 20.9. The first-order valence-corrected chi connectivity index (χ1v) is 10.1. The second-order valence-electron chi connectivity index (χ2n) is 7.06. The zero-order valence-electron chi connectivity index (χ0n) is 17.1. The summed E-state index contributed by atoms with van der Waals surface area (Å²) < 4.78 is 4.72. The molecular weight excluding hydrogens is 384 g/mol. The maximum absolute atomic E-state index is 11.7. The molecule has 0 aliphatic carbocycles. The van der Waals surface area contributed by atoms with Gasteiger partial charge in [-0.3, -0.25) is 14.3 Å². The van der Waals surface area contributed by atoms with E-state index in [9.17, 15) is 4.79 Å². The van der Waals surface area contributed by atoms with Gasteiger partial charge in [0.2, 0.25) is 4.77 Å². The third-order valence-electron chi connectivity index (χ3n) is 4.68. The van der Waals surface area contributed by atoms with Crippen LogP contribution in [0.1, 0.15) is 29.3 Å². The van der Waals surface area contributed by atoms with Crippen LogP contribution in [0.2, 0.25) is 0 Å². The summed E-state index contributed by atoms with van der Waals surface area (Å²) in [5.74, 6) is 0.802. The lowest BCUT2D eigenvalue weighted by molar-refractivity contribution is -0.917. The standard InChI is InChI=1S/C21H26N6OS/c1-4-13-26-19(17-9-11-23-12-10-17)24-27(21(26)29)15-25(3)14-16-5-7-18(8-6-16)20(28)22-2/h5-12H,4,13-15H2,1-3H3,(H,22,28)/p+1. The molecule has 0 saturated heterocycles. The topological polar surface area (TPSA) is 69.2 Å². The predicted octanol–water partition coefficient (Wildman–Crippen LogP) is 1.92. The van der Waals surface area contributed by atoms with Crippen LogP contribution < -0.4 is 10.2 Å². The second-order valence-corrected chi connectivity index (χ2v) is 7.43. The number of rotatable bonds is 8. The average Bonchev–Trinajstić information content (AvgIpc) is 3.04. The Morgan fingerprint density at radius 3 is 2.48 bits per heavy atom. The summed E-state index contributed by atoms with van der Waals surface area (Å²) in [7, 11) is 3.75. The molecule has 3 aromatic rings. The van der Waals surface area contributed by atoms with Crippen LogP contribution in [0, 0.1) is 4.77 Å². The van der Waals surface area contributed by atoms with Crippen molar-refractivity contribution in [2.45, 2.75) is 33.1 Å². The first-order valence-electron chi connectivity index (χ1n) is 9.73. The summed E-state index contributed by atoms with van der Waals surface area (Å²) in [6.45, 7) is 4.43. The molecule has 1 atom stereocenters. The van der Waals surface area contributed by atoms with Gasteiger partial charge in [-0.05, 0) is 42.9 Å². The Kier molecular flexibility index (Phi) is 6.90. The third kappa shape index (κ3) is 4.96. The number of pyridine rings is 1. The van der Waals surface area contributed by atoms with E-state index in [0.717, 1.165) is 41.2 Å². The number of aromatic nitrogens is 4. The van der Waals surface area contributed by atoms with Crippen LogP contribution in [-0.2, 0) is 19.8 Å². The molecule has 2 N–H and O–H groups in total. The Labute approximate surface area is 176 Å². The summed E-state index contributed by atoms with van der Waals surface area (Å²) in [4.78, 5) is 17.0. The van der Waals surface area contributed by atoms with E-state index < -0.39 is 0 Å². The van der Waals surface area contributed by atoms with Crippen molar-refractivity contribution in [3.8, 4) is 11.4 Å². The molecule has 0 spiro atoms. The van der Waals surface area contributed by atoms with Gasteiger partial charge in [0, 0.05) is 42.7 Å². The first-order chi connectivity index (χ1) is 14.0. The zero-order chi connectivity index (χ0) is 20.8. The van der Waals surface area contributed by atoms with E-state index in [-0.39, 0.29) is 5.91 Å². The molecule has 0 fully saturated rings. The van der Waals surface area contributed by atoms with Crippen molar-refractivity contribution >= 4 is 18.1 Å². The van der Waals surface area contributed by atoms with Gasteiger partial charge in [0.1, 0.15) is 6.54 Å². The Morgan fingerprint density at radius 1 is 1.17 bits per heavy atom. The van der Waals surface area contributed by atoms with Gasteiger partial charge in [-0.25, -0.2) is 0 Å². The summed E-state index contributed by atoms with van der Waals surface area (Å²) >= 11 is 5.71. The molecule has 0 bridgehead atoms. The number of carbonyl (C=O) groups is 1. The molecule has 29 heavy (non-hydrogen) atoms. The molecule has 1 amide bonds. The number of hydrogen-bond donors (Lipinski definition) is 2. The van der Waals surface area contributed by atoms with Gasteiger partial charge in [-0.15, -0.1) is 5.10 Å². The maximum Gasteiger partial charge on any atom is 0.251 e. The Hall–Kier alpha value is -2.84. The lowest BCUT2D eigenvalue weighted by Gasteiger charge is -2.14. The van der Waals surface area contributed by atoms with Gasteiger partial charge in [0.15, 0.2) is 12.5 Å².